The number of benzene rings is 1. The molecule has 0 aliphatic heterocycles. The van der Waals surface area contributed by atoms with Crippen molar-refractivity contribution in [3.05, 3.63) is 35.9 Å². The molecular formula is C15H24N2. The number of nitrogens with two attached hydrogens (primary N) is 1. The van der Waals surface area contributed by atoms with Crippen LogP contribution in [0.5, 0.6) is 0 Å². The van der Waals surface area contributed by atoms with Crippen LogP contribution in [0, 0.1) is 0 Å². The van der Waals surface area contributed by atoms with Crippen molar-refractivity contribution in [3.8, 4) is 0 Å². The molecule has 1 fully saturated rings. The topological polar surface area (TPSA) is 29.3 Å². The highest BCUT2D eigenvalue weighted by Crippen LogP contribution is 2.23. The molecule has 2 heteroatoms. The minimum absolute atomic E-state index is 0.181. The average Bonchev–Trinajstić information content (AvgIpc) is 2.90. The molecule has 17 heavy (non-hydrogen) atoms. The number of nitrogens with zero attached hydrogens (tertiary/aromatic N) is 1. The first-order valence-electron chi connectivity index (χ1n) is 6.78. The normalized spacial score (nSPS) is 18.8. The van der Waals surface area contributed by atoms with Gasteiger partial charge in [-0.1, -0.05) is 43.2 Å². The van der Waals surface area contributed by atoms with Crippen LogP contribution in [-0.4, -0.2) is 24.5 Å². The van der Waals surface area contributed by atoms with Crippen LogP contribution < -0.4 is 5.73 Å². The lowest BCUT2D eigenvalue weighted by atomic mass is 10.0. The first kappa shape index (κ1) is 12.6. The second kappa shape index (κ2) is 6.18. The Labute approximate surface area is 105 Å². The third-order valence-corrected chi connectivity index (χ3v) is 3.97. The predicted octanol–water partition coefficient (Wildman–Crippen LogP) is 2.95. The summed E-state index contributed by atoms with van der Waals surface area (Å²) in [5, 5.41) is 0. The van der Waals surface area contributed by atoms with Gasteiger partial charge in [-0.15, -0.1) is 0 Å². The Bertz CT molecular complexity index is 317. The minimum atomic E-state index is 0.181. The van der Waals surface area contributed by atoms with E-state index in [1.165, 1.54) is 31.2 Å². The Kier molecular flexibility index (Phi) is 4.57. The monoisotopic (exact) mass is 232 g/mol. The molecule has 0 bridgehead atoms. The molecular weight excluding hydrogens is 208 g/mol. The van der Waals surface area contributed by atoms with Gasteiger partial charge in [0, 0.05) is 12.1 Å². The number of rotatable bonds is 5. The summed E-state index contributed by atoms with van der Waals surface area (Å²) in [6.45, 7) is 1.11. The maximum atomic E-state index is 6.22. The molecule has 0 amide bonds. The van der Waals surface area contributed by atoms with Gasteiger partial charge in [0.05, 0.1) is 0 Å². The molecule has 94 valence electrons. The van der Waals surface area contributed by atoms with Crippen LogP contribution in [0.15, 0.2) is 30.3 Å². The number of hydrogen-bond donors (Lipinski definition) is 1. The van der Waals surface area contributed by atoms with Gasteiger partial charge in [-0.05, 0) is 38.4 Å². The Hall–Kier alpha value is -0.860. The van der Waals surface area contributed by atoms with Crippen LogP contribution in [0.3, 0.4) is 0 Å². The van der Waals surface area contributed by atoms with Crippen molar-refractivity contribution in [3.63, 3.8) is 0 Å². The SMILES string of the molecule is CN(CCC(N)c1ccccc1)C1CCCC1. The van der Waals surface area contributed by atoms with E-state index in [9.17, 15) is 0 Å². The van der Waals surface area contributed by atoms with Gasteiger partial charge in [0.25, 0.3) is 0 Å². The highest BCUT2D eigenvalue weighted by Gasteiger charge is 2.19. The van der Waals surface area contributed by atoms with Gasteiger partial charge >= 0.3 is 0 Å². The van der Waals surface area contributed by atoms with E-state index in [4.69, 9.17) is 5.73 Å². The first-order valence-corrected chi connectivity index (χ1v) is 6.78. The second-order valence-corrected chi connectivity index (χ2v) is 5.22. The van der Waals surface area contributed by atoms with Gasteiger partial charge in [0.15, 0.2) is 0 Å². The molecule has 0 spiro atoms. The predicted molar refractivity (Wildman–Crippen MR) is 72.9 cm³/mol. The van der Waals surface area contributed by atoms with Crippen molar-refractivity contribution in [2.45, 2.75) is 44.2 Å². The van der Waals surface area contributed by atoms with Gasteiger partial charge in [0.2, 0.25) is 0 Å². The van der Waals surface area contributed by atoms with Crippen molar-refractivity contribution in [1.29, 1.82) is 0 Å². The zero-order valence-corrected chi connectivity index (χ0v) is 10.8. The maximum absolute atomic E-state index is 6.22. The van der Waals surface area contributed by atoms with Gasteiger partial charge in [-0.2, -0.15) is 0 Å². The fourth-order valence-corrected chi connectivity index (χ4v) is 2.74. The van der Waals surface area contributed by atoms with Gasteiger partial charge in [-0.25, -0.2) is 0 Å². The second-order valence-electron chi connectivity index (χ2n) is 5.22. The quantitative estimate of drug-likeness (QED) is 0.845. The van der Waals surface area contributed by atoms with Crippen LogP contribution >= 0.6 is 0 Å². The largest absolute Gasteiger partial charge is 0.324 e. The van der Waals surface area contributed by atoms with Crippen molar-refractivity contribution in [2.24, 2.45) is 5.73 Å². The molecule has 2 nitrogen and oxygen atoms in total. The summed E-state index contributed by atoms with van der Waals surface area (Å²) in [7, 11) is 2.24. The van der Waals surface area contributed by atoms with Gasteiger partial charge in [-0.3, -0.25) is 0 Å². The Morgan fingerprint density at radius 3 is 2.53 bits per heavy atom. The highest BCUT2D eigenvalue weighted by molar-refractivity contribution is 5.18. The van der Waals surface area contributed by atoms with E-state index in [2.05, 4.69) is 36.2 Å². The average molecular weight is 232 g/mol. The molecule has 1 aromatic carbocycles. The fraction of sp³-hybridized carbons (Fsp3) is 0.600. The van der Waals surface area contributed by atoms with E-state index in [1.807, 2.05) is 6.07 Å². The first-order chi connectivity index (χ1) is 8.27. The summed E-state index contributed by atoms with van der Waals surface area (Å²) in [5.74, 6) is 0. The molecule has 0 heterocycles. The van der Waals surface area contributed by atoms with Gasteiger partial charge in [0.1, 0.15) is 0 Å². The Balaban J connectivity index is 1.77. The van der Waals surface area contributed by atoms with E-state index in [0.717, 1.165) is 19.0 Å². The summed E-state index contributed by atoms with van der Waals surface area (Å²) in [6.07, 6.45) is 6.60. The molecule has 1 unspecified atom stereocenters. The summed E-state index contributed by atoms with van der Waals surface area (Å²) in [5.41, 5.74) is 7.47. The van der Waals surface area contributed by atoms with Gasteiger partial charge < -0.3 is 10.6 Å². The van der Waals surface area contributed by atoms with E-state index < -0.39 is 0 Å². The van der Waals surface area contributed by atoms with E-state index >= 15 is 0 Å². The standard InChI is InChI=1S/C15H24N2/c1-17(14-9-5-6-10-14)12-11-15(16)13-7-3-2-4-8-13/h2-4,7-8,14-15H,5-6,9-12,16H2,1H3. The van der Waals surface area contributed by atoms with E-state index in [1.54, 1.807) is 0 Å². The lowest BCUT2D eigenvalue weighted by Gasteiger charge is -2.25. The molecule has 1 atom stereocenters. The molecule has 1 aliphatic carbocycles. The van der Waals surface area contributed by atoms with Crippen molar-refractivity contribution in [1.82, 2.24) is 4.90 Å². The third kappa shape index (κ3) is 3.55. The zero-order valence-electron chi connectivity index (χ0n) is 10.8. The molecule has 2 rings (SSSR count). The van der Waals surface area contributed by atoms with Crippen LogP contribution in [0.4, 0.5) is 0 Å². The van der Waals surface area contributed by atoms with E-state index in [0.29, 0.717) is 0 Å². The fourth-order valence-electron chi connectivity index (χ4n) is 2.74. The Morgan fingerprint density at radius 1 is 1.24 bits per heavy atom. The van der Waals surface area contributed by atoms with Crippen LogP contribution in [-0.2, 0) is 0 Å². The third-order valence-electron chi connectivity index (χ3n) is 3.97. The molecule has 1 aromatic rings. The molecule has 0 aromatic heterocycles. The zero-order chi connectivity index (χ0) is 12.1. The molecule has 2 N–H and O–H groups in total. The lowest BCUT2D eigenvalue weighted by molar-refractivity contribution is 0.237. The Morgan fingerprint density at radius 2 is 1.88 bits per heavy atom. The maximum Gasteiger partial charge on any atom is 0.0307 e. The smallest absolute Gasteiger partial charge is 0.0307 e. The van der Waals surface area contributed by atoms with Crippen LogP contribution in [0.1, 0.15) is 43.7 Å². The number of hydrogen-bond acceptors (Lipinski definition) is 2. The minimum Gasteiger partial charge on any atom is -0.324 e. The lowest BCUT2D eigenvalue weighted by Crippen LogP contribution is -2.31. The van der Waals surface area contributed by atoms with Crippen molar-refractivity contribution < 1.29 is 0 Å². The molecule has 1 saturated carbocycles. The van der Waals surface area contributed by atoms with Crippen LogP contribution in [0.2, 0.25) is 0 Å². The highest BCUT2D eigenvalue weighted by atomic mass is 15.1. The summed E-state index contributed by atoms with van der Waals surface area (Å²) in [6, 6.07) is 11.4. The summed E-state index contributed by atoms with van der Waals surface area (Å²) < 4.78 is 0. The van der Waals surface area contributed by atoms with Crippen LogP contribution in [0.25, 0.3) is 0 Å². The van der Waals surface area contributed by atoms with Crippen molar-refractivity contribution in [2.75, 3.05) is 13.6 Å². The summed E-state index contributed by atoms with van der Waals surface area (Å²) in [4.78, 5) is 2.50. The molecule has 0 radical (unpaired) electrons. The molecule has 0 saturated heterocycles. The van der Waals surface area contributed by atoms with E-state index in [-0.39, 0.29) is 6.04 Å². The molecule has 1 aliphatic rings. The van der Waals surface area contributed by atoms with Crippen molar-refractivity contribution >= 4 is 0 Å². The summed E-state index contributed by atoms with van der Waals surface area (Å²) >= 11 is 0.